The van der Waals surface area contributed by atoms with Crippen molar-refractivity contribution in [3.63, 3.8) is 0 Å². The Morgan fingerprint density at radius 1 is 1.17 bits per heavy atom. The van der Waals surface area contributed by atoms with Crippen molar-refractivity contribution in [2.45, 2.75) is 25.9 Å². The highest BCUT2D eigenvalue weighted by atomic mass is 16.7. The van der Waals surface area contributed by atoms with Crippen LogP contribution in [0.25, 0.3) is 0 Å². The van der Waals surface area contributed by atoms with Gasteiger partial charge in [-0.2, -0.15) is 0 Å². The van der Waals surface area contributed by atoms with Crippen LogP contribution in [0.3, 0.4) is 0 Å². The Morgan fingerprint density at radius 2 is 2.00 bits per heavy atom. The molecule has 6 nitrogen and oxygen atoms in total. The second-order valence-corrected chi connectivity index (χ2v) is 5.69. The minimum absolute atomic E-state index is 0.0852. The molecule has 24 heavy (non-hydrogen) atoms. The average Bonchev–Trinajstić information content (AvgIpc) is 3.07. The highest BCUT2D eigenvalue weighted by molar-refractivity contribution is 5.76. The van der Waals surface area contributed by atoms with Gasteiger partial charge in [0.25, 0.3) is 0 Å². The lowest BCUT2D eigenvalue weighted by Crippen LogP contribution is -2.30. The van der Waals surface area contributed by atoms with Crippen LogP contribution in [0.1, 0.15) is 24.0 Å². The Labute approximate surface area is 141 Å². The number of nitrogens with zero attached hydrogens (tertiary/aromatic N) is 2. The highest BCUT2D eigenvalue weighted by Crippen LogP contribution is 2.33. The monoisotopic (exact) mass is 327 g/mol. The first-order chi connectivity index (χ1) is 11.8. The van der Waals surface area contributed by atoms with E-state index in [0.29, 0.717) is 32.5 Å². The third-order valence-corrected chi connectivity index (χ3v) is 3.85. The Kier molecular flexibility index (Phi) is 5.28. The number of benzene rings is 1. The fourth-order valence-electron chi connectivity index (χ4n) is 2.62. The van der Waals surface area contributed by atoms with Gasteiger partial charge in [0.1, 0.15) is 0 Å². The molecule has 0 unspecified atom stereocenters. The summed E-state index contributed by atoms with van der Waals surface area (Å²) in [4.78, 5) is 18.5. The van der Waals surface area contributed by atoms with Crippen LogP contribution in [0, 0.1) is 0 Å². The number of fused-ring (bicyclic) bond motifs is 1. The van der Waals surface area contributed by atoms with Crippen molar-refractivity contribution in [1.29, 1.82) is 0 Å². The molecular weight excluding hydrogens is 306 g/mol. The second-order valence-electron chi connectivity index (χ2n) is 5.69. The van der Waals surface area contributed by atoms with Gasteiger partial charge in [0.15, 0.2) is 11.5 Å². The Balaban J connectivity index is 1.74. The molecule has 1 aromatic heterocycles. The number of aromatic nitrogens is 1. The molecule has 0 aliphatic carbocycles. The van der Waals surface area contributed by atoms with Crippen molar-refractivity contribution in [1.82, 2.24) is 9.88 Å². The van der Waals surface area contributed by atoms with Gasteiger partial charge < -0.3 is 20.1 Å². The molecule has 1 aliphatic heterocycles. The third kappa shape index (κ3) is 4.02. The maximum Gasteiger partial charge on any atom is 0.231 e. The van der Waals surface area contributed by atoms with Gasteiger partial charge in [-0.25, -0.2) is 0 Å². The number of ether oxygens (including phenoxy) is 2. The van der Waals surface area contributed by atoms with Crippen LogP contribution in [0.4, 0.5) is 0 Å². The minimum atomic E-state index is 0.0852. The Hall–Kier alpha value is -2.60. The van der Waals surface area contributed by atoms with Crippen molar-refractivity contribution in [2.24, 2.45) is 5.73 Å². The van der Waals surface area contributed by atoms with Crippen LogP contribution < -0.4 is 15.2 Å². The summed E-state index contributed by atoms with van der Waals surface area (Å²) in [7, 11) is 0. The fraction of sp³-hybridized carbons (Fsp3) is 0.333. The van der Waals surface area contributed by atoms with Crippen LogP contribution in [0.15, 0.2) is 42.7 Å². The molecule has 6 heteroatoms. The molecule has 0 saturated carbocycles. The van der Waals surface area contributed by atoms with Crippen molar-refractivity contribution >= 4 is 5.91 Å². The lowest BCUT2D eigenvalue weighted by Gasteiger charge is -2.23. The first kappa shape index (κ1) is 16.3. The zero-order chi connectivity index (χ0) is 16.8. The normalized spacial score (nSPS) is 12.2. The van der Waals surface area contributed by atoms with E-state index in [9.17, 15) is 4.79 Å². The first-order valence-electron chi connectivity index (χ1n) is 8.01. The van der Waals surface area contributed by atoms with E-state index in [4.69, 9.17) is 15.2 Å². The molecule has 3 rings (SSSR count). The van der Waals surface area contributed by atoms with Gasteiger partial charge in [-0.05, 0) is 42.3 Å². The number of amides is 1. The average molecular weight is 327 g/mol. The Bertz CT molecular complexity index is 691. The summed E-state index contributed by atoms with van der Waals surface area (Å²) < 4.78 is 10.7. The minimum Gasteiger partial charge on any atom is -0.454 e. The van der Waals surface area contributed by atoms with Gasteiger partial charge >= 0.3 is 0 Å². The van der Waals surface area contributed by atoms with Crippen molar-refractivity contribution < 1.29 is 14.3 Å². The maximum absolute atomic E-state index is 12.5. The van der Waals surface area contributed by atoms with Gasteiger partial charge in [-0.15, -0.1) is 0 Å². The van der Waals surface area contributed by atoms with Crippen LogP contribution in [0.2, 0.25) is 0 Å². The highest BCUT2D eigenvalue weighted by Gasteiger charge is 2.17. The van der Waals surface area contributed by atoms with Crippen molar-refractivity contribution in [3.05, 3.63) is 53.9 Å². The van der Waals surface area contributed by atoms with Gasteiger partial charge in [0, 0.05) is 31.9 Å². The van der Waals surface area contributed by atoms with Crippen molar-refractivity contribution in [2.75, 3.05) is 13.3 Å². The zero-order valence-electron chi connectivity index (χ0n) is 13.5. The van der Waals surface area contributed by atoms with E-state index in [1.807, 2.05) is 35.2 Å². The summed E-state index contributed by atoms with van der Waals surface area (Å²) in [6, 6.07) is 9.60. The summed E-state index contributed by atoms with van der Waals surface area (Å²) in [5, 5.41) is 0. The van der Waals surface area contributed by atoms with Gasteiger partial charge in [-0.3, -0.25) is 9.78 Å². The summed E-state index contributed by atoms with van der Waals surface area (Å²) in [5.74, 6) is 1.55. The molecular formula is C18H21N3O3. The van der Waals surface area contributed by atoms with Crippen LogP contribution >= 0.6 is 0 Å². The second kappa shape index (κ2) is 7.79. The number of rotatable bonds is 7. The molecule has 1 aromatic carbocycles. The number of hydrogen-bond donors (Lipinski definition) is 1. The SMILES string of the molecule is NCCCC(=O)N(Cc1cccnc1)Cc1ccc2c(c1)OCO2. The van der Waals surface area contributed by atoms with Crippen LogP contribution in [0.5, 0.6) is 11.5 Å². The van der Waals surface area contributed by atoms with Gasteiger partial charge in [0.05, 0.1) is 0 Å². The number of nitrogens with two attached hydrogens (primary N) is 1. The molecule has 2 aromatic rings. The number of carbonyl (C=O) groups is 1. The predicted molar refractivity (Wildman–Crippen MR) is 89.3 cm³/mol. The predicted octanol–water partition coefficient (Wildman–Crippen LogP) is 2.08. The summed E-state index contributed by atoms with van der Waals surface area (Å²) in [6.07, 6.45) is 4.63. The molecule has 126 valence electrons. The molecule has 0 bridgehead atoms. The third-order valence-electron chi connectivity index (χ3n) is 3.85. The lowest BCUT2D eigenvalue weighted by molar-refractivity contribution is -0.132. The van der Waals surface area contributed by atoms with E-state index < -0.39 is 0 Å². The molecule has 0 radical (unpaired) electrons. The van der Waals surface area contributed by atoms with Gasteiger partial charge in [0.2, 0.25) is 12.7 Å². The summed E-state index contributed by atoms with van der Waals surface area (Å²) in [5.41, 5.74) is 7.54. The molecule has 0 atom stereocenters. The summed E-state index contributed by atoms with van der Waals surface area (Å²) >= 11 is 0. The van der Waals surface area contributed by atoms with E-state index in [0.717, 1.165) is 22.6 Å². The van der Waals surface area contributed by atoms with E-state index in [1.165, 1.54) is 0 Å². The molecule has 0 saturated heterocycles. The number of carbonyl (C=O) groups excluding carboxylic acids is 1. The first-order valence-corrected chi connectivity index (χ1v) is 8.01. The van der Waals surface area contributed by atoms with Gasteiger partial charge in [-0.1, -0.05) is 12.1 Å². The van der Waals surface area contributed by atoms with E-state index in [-0.39, 0.29) is 12.7 Å². The fourth-order valence-corrected chi connectivity index (χ4v) is 2.62. The van der Waals surface area contributed by atoms with Crippen LogP contribution in [-0.2, 0) is 17.9 Å². The Morgan fingerprint density at radius 3 is 2.79 bits per heavy atom. The number of hydrogen-bond acceptors (Lipinski definition) is 5. The molecule has 2 N–H and O–H groups in total. The van der Waals surface area contributed by atoms with Crippen LogP contribution in [-0.4, -0.2) is 29.1 Å². The smallest absolute Gasteiger partial charge is 0.231 e. The largest absolute Gasteiger partial charge is 0.454 e. The molecule has 2 heterocycles. The van der Waals surface area contributed by atoms with Crippen molar-refractivity contribution in [3.8, 4) is 11.5 Å². The molecule has 0 spiro atoms. The standard InChI is InChI=1S/C18H21N3O3/c19-7-1-4-18(22)21(12-15-3-2-8-20-10-15)11-14-5-6-16-17(9-14)24-13-23-16/h2-3,5-6,8-10H,1,4,7,11-13,19H2. The maximum atomic E-state index is 12.5. The van der Waals surface area contributed by atoms with E-state index in [2.05, 4.69) is 4.98 Å². The lowest BCUT2D eigenvalue weighted by atomic mass is 10.1. The molecule has 1 amide bonds. The summed E-state index contributed by atoms with van der Waals surface area (Å²) in [6.45, 7) is 1.78. The topological polar surface area (TPSA) is 77.7 Å². The van der Waals surface area contributed by atoms with E-state index >= 15 is 0 Å². The number of pyridine rings is 1. The quantitative estimate of drug-likeness (QED) is 0.842. The van der Waals surface area contributed by atoms with E-state index in [1.54, 1.807) is 12.4 Å². The molecule has 1 aliphatic rings. The molecule has 0 fully saturated rings. The zero-order valence-corrected chi connectivity index (χ0v) is 13.5.